The molecule has 5 nitrogen and oxygen atoms in total. The van der Waals surface area contributed by atoms with Gasteiger partial charge in [0.2, 0.25) is 0 Å². The summed E-state index contributed by atoms with van der Waals surface area (Å²) < 4.78 is 16.6. The quantitative estimate of drug-likeness (QED) is 0.415. The SMILES string of the molecule is CC(C)OC[C@H](O)COc1ccc(C(C)(C)c2cc(Cl)c(OC[C@H](O)C[ClH+])c(Cl)c2)cc1. The predicted octanol–water partition coefficient (Wildman–Crippen LogP) is 4.51. The molecule has 32 heavy (non-hydrogen) atoms. The van der Waals surface area contributed by atoms with Crippen molar-refractivity contribution in [2.75, 3.05) is 25.7 Å². The molecule has 0 aliphatic carbocycles. The van der Waals surface area contributed by atoms with E-state index in [0.717, 1.165) is 11.1 Å². The van der Waals surface area contributed by atoms with Crippen LogP contribution in [0.2, 0.25) is 10.0 Å². The summed E-state index contributed by atoms with van der Waals surface area (Å²) in [7, 11) is 0. The smallest absolute Gasteiger partial charge is 0.199 e. The molecule has 0 heterocycles. The molecule has 0 fully saturated rings. The van der Waals surface area contributed by atoms with Crippen LogP contribution in [-0.2, 0) is 10.2 Å². The van der Waals surface area contributed by atoms with Crippen molar-refractivity contribution in [2.24, 2.45) is 0 Å². The van der Waals surface area contributed by atoms with Gasteiger partial charge in [0, 0.05) is 5.41 Å². The minimum Gasteiger partial charge on any atom is -0.491 e. The molecular weight excluding hydrogens is 475 g/mol. The molecule has 8 heteroatoms. The average Bonchev–Trinajstić information content (AvgIpc) is 2.75. The van der Waals surface area contributed by atoms with Gasteiger partial charge in [-0.25, -0.2) is 0 Å². The summed E-state index contributed by atoms with van der Waals surface area (Å²) in [4.78, 5) is 0. The molecule has 0 amide bonds. The van der Waals surface area contributed by atoms with Crippen molar-refractivity contribution >= 4 is 23.2 Å². The second kappa shape index (κ2) is 12.3. The highest BCUT2D eigenvalue weighted by atomic mass is 35.5. The average molecular weight is 507 g/mol. The standard InChI is InChI=1S/C24H32Cl3O5/c1-15(2)30-13-19(29)14-31-20-7-5-16(6-8-20)24(3,4)17-9-21(26)23(22(27)10-17)32-12-18(28)11-25/h5-10,15,18-19,25,28-29H,11-14H2,1-4H3/q+1/t18-,19+/m1/s1. The third kappa shape index (κ3) is 7.68. The first-order valence-corrected chi connectivity index (χ1v) is 11.8. The number of benzene rings is 2. The van der Waals surface area contributed by atoms with Crippen LogP contribution >= 0.6 is 23.2 Å². The van der Waals surface area contributed by atoms with Crippen molar-refractivity contribution in [1.82, 2.24) is 0 Å². The van der Waals surface area contributed by atoms with E-state index < -0.39 is 17.6 Å². The molecular formula is C24H32Cl3O5+. The Morgan fingerprint density at radius 3 is 1.97 bits per heavy atom. The molecule has 0 bridgehead atoms. The van der Waals surface area contributed by atoms with Crippen LogP contribution in [0, 0.1) is 11.6 Å². The first kappa shape index (κ1) is 27.0. The number of hydrogen-bond donors (Lipinski definition) is 2. The molecule has 0 saturated heterocycles. The van der Waals surface area contributed by atoms with Gasteiger partial charge >= 0.3 is 0 Å². The van der Waals surface area contributed by atoms with Gasteiger partial charge < -0.3 is 24.4 Å². The van der Waals surface area contributed by atoms with Crippen molar-refractivity contribution in [1.29, 1.82) is 0 Å². The normalized spacial score (nSPS) is 13.8. The molecule has 0 unspecified atom stereocenters. The third-order valence-corrected chi connectivity index (χ3v) is 5.92. The van der Waals surface area contributed by atoms with Gasteiger partial charge in [0.15, 0.2) is 11.6 Å². The highest BCUT2D eigenvalue weighted by Crippen LogP contribution is 2.40. The van der Waals surface area contributed by atoms with Crippen LogP contribution in [0.1, 0.15) is 38.8 Å². The molecule has 0 aromatic heterocycles. The van der Waals surface area contributed by atoms with Crippen LogP contribution in [0.5, 0.6) is 11.5 Å². The largest absolute Gasteiger partial charge is 0.491 e. The Kier molecular flexibility index (Phi) is 10.4. The molecule has 2 aromatic rings. The lowest BCUT2D eigenvalue weighted by molar-refractivity contribution is -0.384. The number of rotatable bonds is 12. The monoisotopic (exact) mass is 505 g/mol. The molecule has 2 N–H and O–H groups in total. The summed E-state index contributed by atoms with van der Waals surface area (Å²) in [6.07, 6.45) is -1.38. The zero-order chi connectivity index (χ0) is 23.9. The van der Waals surface area contributed by atoms with Crippen LogP contribution in [0.3, 0.4) is 0 Å². The Morgan fingerprint density at radius 1 is 0.875 bits per heavy atom. The van der Waals surface area contributed by atoms with Gasteiger partial charge in [0.1, 0.15) is 42.8 Å². The van der Waals surface area contributed by atoms with Gasteiger partial charge in [-0.3, -0.25) is 0 Å². The summed E-state index contributed by atoms with van der Waals surface area (Å²) >= 11 is 17.7. The van der Waals surface area contributed by atoms with E-state index in [1.54, 1.807) is 0 Å². The lowest BCUT2D eigenvalue weighted by Crippen LogP contribution is -2.25. The van der Waals surface area contributed by atoms with Gasteiger partial charge in [-0.05, 0) is 49.2 Å². The maximum absolute atomic E-state index is 9.94. The maximum Gasteiger partial charge on any atom is 0.199 e. The molecule has 0 spiro atoms. The van der Waals surface area contributed by atoms with Crippen molar-refractivity contribution < 1.29 is 36.0 Å². The molecule has 178 valence electrons. The molecule has 2 atom stereocenters. The number of ether oxygens (including phenoxy) is 3. The topological polar surface area (TPSA) is 68.2 Å². The van der Waals surface area contributed by atoms with Gasteiger partial charge in [0.25, 0.3) is 0 Å². The summed E-state index contributed by atoms with van der Waals surface area (Å²) in [5, 5.41) is 20.3. The Labute approximate surface area is 205 Å². The van der Waals surface area contributed by atoms with E-state index in [1.165, 1.54) is 0 Å². The fraction of sp³-hybridized carbons (Fsp3) is 0.500. The summed E-state index contributed by atoms with van der Waals surface area (Å²) in [5.41, 5.74) is 1.56. The van der Waals surface area contributed by atoms with E-state index in [-0.39, 0.29) is 31.8 Å². The van der Waals surface area contributed by atoms with Crippen LogP contribution in [0.25, 0.3) is 0 Å². The van der Waals surface area contributed by atoms with Crippen LogP contribution in [-0.4, -0.2) is 54.2 Å². The fourth-order valence-electron chi connectivity index (χ4n) is 2.96. The van der Waals surface area contributed by atoms with Crippen LogP contribution in [0.15, 0.2) is 36.4 Å². The van der Waals surface area contributed by atoms with Crippen molar-refractivity contribution in [2.45, 2.75) is 51.4 Å². The molecule has 2 aromatic carbocycles. The van der Waals surface area contributed by atoms with Gasteiger partial charge in [-0.15, -0.1) is 0 Å². The van der Waals surface area contributed by atoms with Crippen LogP contribution in [0.4, 0.5) is 0 Å². The lowest BCUT2D eigenvalue weighted by atomic mass is 9.78. The van der Waals surface area contributed by atoms with E-state index >= 15 is 0 Å². The molecule has 0 aliphatic heterocycles. The number of hydrogen-bond acceptors (Lipinski definition) is 5. The Morgan fingerprint density at radius 2 is 1.44 bits per heavy atom. The first-order valence-electron chi connectivity index (χ1n) is 10.5. The molecule has 2 rings (SSSR count). The summed E-state index contributed by atoms with van der Waals surface area (Å²) in [5.74, 6) is 1.16. The van der Waals surface area contributed by atoms with Gasteiger partial charge in [-0.2, -0.15) is 0 Å². The zero-order valence-corrected chi connectivity index (χ0v) is 21.1. The van der Waals surface area contributed by atoms with E-state index in [1.807, 2.05) is 50.2 Å². The van der Waals surface area contributed by atoms with Crippen LogP contribution < -0.4 is 9.47 Å². The third-order valence-electron chi connectivity index (χ3n) is 4.97. The van der Waals surface area contributed by atoms with Gasteiger partial charge in [-0.1, -0.05) is 49.2 Å². The minimum absolute atomic E-state index is 0.0332. The van der Waals surface area contributed by atoms with E-state index in [2.05, 4.69) is 13.8 Å². The maximum atomic E-state index is 9.94. The molecule has 0 saturated carbocycles. The molecule has 0 radical (unpaired) electrons. The number of halogens is 3. The van der Waals surface area contributed by atoms with E-state index in [9.17, 15) is 10.2 Å². The minimum atomic E-state index is -0.752. The van der Waals surface area contributed by atoms with E-state index in [0.29, 0.717) is 21.5 Å². The second-order valence-electron chi connectivity index (χ2n) is 8.40. The highest BCUT2D eigenvalue weighted by molar-refractivity contribution is 6.37. The number of alkyl halides is 1. The Hall–Kier alpha value is -1.21. The Bertz CT molecular complexity index is 832. The fourth-order valence-corrected chi connectivity index (χ4v) is 3.66. The van der Waals surface area contributed by atoms with Crippen molar-refractivity contribution in [3.8, 4) is 11.5 Å². The predicted molar refractivity (Wildman–Crippen MR) is 125 cm³/mol. The van der Waals surface area contributed by atoms with E-state index in [4.69, 9.17) is 49.0 Å². The summed E-state index contributed by atoms with van der Waals surface area (Å²) in [6, 6.07) is 11.3. The number of aliphatic hydroxyl groups is 2. The first-order chi connectivity index (χ1) is 15.0. The second-order valence-corrected chi connectivity index (χ2v) is 9.54. The van der Waals surface area contributed by atoms with Gasteiger partial charge in [0.05, 0.1) is 22.8 Å². The summed E-state index contributed by atoms with van der Waals surface area (Å²) in [6.45, 7) is 8.40. The van der Waals surface area contributed by atoms with Crippen molar-refractivity contribution in [3.63, 3.8) is 0 Å². The lowest BCUT2D eigenvalue weighted by Gasteiger charge is -2.27. The molecule has 0 aliphatic rings. The zero-order valence-electron chi connectivity index (χ0n) is 18.8. The van der Waals surface area contributed by atoms with Crippen molar-refractivity contribution in [3.05, 3.63) is 57.6 Å². The number of aliphatic hydroxyl groups excluding tert-OH is 2. The highest BCUT2D eigenvalue weighted by Gasteiger charge is 2.26. The Balaban J connectivity index is 2.09.